The molecule has 8 nitrogen and oxygen atoms in total. The van der Waals surface area contributed by atoms with Crippen LogP contribution in [0.2, 0.25) is 0 Å². The maximum Gasteiger partial charge on any atom is 0.155 e. The molecule has 1 aromatic carbocycles. The first-order valence-corrected chi connectivity index (χ1v) is 10.3. The minimum atomic E-state index is 0.533. The van der Waals surface area contributed by atoms with Gasteiger partial charge in [0.05, 0.1) is 30.2 Å². The first kappa shape index (κ1) is 19.9. The van der Waals surface area contributed by atoms with Crippen LogP contribution in [0.25, 0.3) is 28.3 Å². The number of hydrogen-bond acceptors (Lipinski definition) is 6. The molecule has 0 saturated heterocycles. The zero-order valence-electron chi connectivity index (χ0n) is 17.9. The van der Waals surface area contributed by atoms with E-state index in [0.29, 0.717) is 13.2 Å². The van der Waals surface area contributed by atoms with Crippen molar-refractivity contribution in [1.82, 2.24) is 29.5 Å². The van der Waals surface area contributed by atoms with Crippen LogP contribution in [0.5, 0.6) is 0 Å². The van der Waals surface area contributed by atoms with Crippen molar-refractivity contribution in [3.8, 4) is 22.6 Å². The van der Waals surface area contributed by atoms with Crippen molar-refractivity contribution in [2.45, 2.75) is 20.1 Å². The maximum atomic E-state index is 5.31. The second-order valence-electron chi connectivity index (χ2n) is 7.50. The van der Waals surface area contributed by atoms with E-state index in [0.717, 1.165) is 51.1 Å². The lowest BCUT2D eigenvalue weighted by Gasteiger charge is -2.10. The van der Waals surface area contributed by atoms with Crippen molar-refractivity contribution in [1.29, 1.82) is 0 Å². The number of ether oxygens (including phenoxy) is 1. The summed E-state index contributed by atoms with van der Waals surface area (Å²) >= 11 is 0. The number of imidazole rings is 1. The summed E-state index contributed by atoms with van der Waals surface area (Å²) in [6.07, 6.45) is 3.47. The summed E-state index contributed by atoms with van der Waals surface area (Å²) in [5.41, 5.74) is 7.32. The van der Waals surface area contributed by atoms with Crippen LogP contribution in [0, 0.1) is 6.92 Å². The number of benzene rings is 1. The molecule has 4 aromatic heterocycles. The Balaban J connectivity index is 1.52. The fourth-order valence-corrected chi connectivity index (χ4v) is 3.69. The SMILES string of the molecule is COCc1ccccc1NCc1nc(-c2ccc3ncnn3c2)c(-c2cccc(C)n2)[nH]1. The average molecular weight is 425 g/mol. The average Bonchev–Trinajstić information content (AvgIpc) is 3.45. The molecule has 0 unspecified atom stereocenters. The van der Waals surface area contributed by atoms with E-state index < -0.39 is 0 Å². The van der Waals surface area contributed by atoms with Crippen LogP contribution in [0.1, 0.15) is 17.1 Å². The highest BCUT2D eigenvalue weighted by molar-refractivity contribution is 5.77. The van der Waals surface area contributed by atoms with Crippen LogP contribution in [-0.4, -0.2) is 36.7 Å². The van der Waals surface area contributed by atoms with Gasteiger partial charge in [-0.15, -0.1) is 0 Å². The normalized spacial score (nSPS) is 11.2. The molecule has 8 heteroatoms. The Kier molecular flexibility index (Phi) is 5.35. The van der Waals surface area contributed by atoms with Gasteiger partial charge in [0, 0.05) is 35.8 Å². The topological polar surface area (TPSA) is 93.0 Å². The van der Waals surface area contributed by atoms with E-state index in [1.807, 2.05) is 61.7 Å². The molecule has 0 fully saturated rings. The van der Waals surface area contributed by atoms with Crippen LogP contribution in [-0.2, 0) is 17.9 Å². The van der Waals surface area contributed by atoms with Gasteiger partial charge in [0.25, 0.3) is 0 Å². The molecular formula is C24H23N7O. The molecule has 4 heterocycles. The molecule has 0 atom stereocenters. The Hall–Kier alpha value is -4.04. The van der Waals surface area contributed by atoms with Crippen LogP contribution < -0.4 is 5.32 Å². The molecule has 0 amide bonds. The van der Waals surface area contributed by atoms with Crippen molar-refractivity contribution in [2.24, 2.45) is 0 Å². The quantitative estimate of drug-likeness (QED) is 0.405. The molecule has 160 valence electrons. The lowest BCUT2D eigenvalue weighted by atomic mass is 10.1. The van der Waals surface area contributed by atoms with Crippen molar-refractivity contribution in [2.75, 3.05) is 12.4 Å². The highest BCUT2D eigenvalue weighted by atomic mass is 16.5. The molecule has 5 aromatic rings. The van der Waals surface area contributed by atoms with E-state index in [4.69, 9.17) is 14.7 Å². The molecule has 0 spiro atoms. The third-order valence-corrected chi connectivity index (χ3v) is 5.21. The maximum absolute atomic E-state index is 5.31. The van der Waals surface area contributed by atoms with E-state index in [2.05, 4.69) is 26.4 Å². The molecule has 0 aliphatic heterocycles. The van der Waals surface area contributed by atoms with E-state index >= 15 is 0 Å². The van der Waals surface area contributed by atoms with E-state index in [9.17, 15) is 0 Å². The number of H-pyrrole nitrogens is 1. The number of aryl methyl sites for hydroxylation is 1. The fraction of sp³-hybridized carbons (Fsp3) is 0.167. The third-order valence-electron chi connectivity index (χ3n) is 5.21. The van der Waals surface area contributed by atoms with Crippen molar-refractivity contribution in [3.05, 3.63) is 84.2 Å². The molecule has 0 saturated carbocycles. The number of nitrogens with zero attached hydrogens (tertiary/aromatic N) is 5. The summed E-state index contributed by atoms with van der Waals surface area (Å²) in [6.45, 7) is 3.06. The first-order valence-electron chi connectivity index (χ1n) is 10.3. The Morgan fingerprint density at radius 2 is 1.94 bits per heavy atom. The van der Waals surface area contributed by atoms with Gasteiger partial charge in [-0.1, -0.05) is 24.3 Å². The minimum absolute atomic E-state index is 0.533. The Bertz CT molecular complexity index is 1370. The smallest absolute Gasteiger partial charge is 0.155 e. The number of aromatic amines is 1. The van der Waals surface area contributed by atoms with E-state index in [1.54, 1.807) is 18.0 Å². The number of fused-ring (bicyclic) bond motifs is 1. The molecule has 0 bridgehead atoms. The minimum Gasteiger partial charge on any atom is -0.380 e. The van der Waals surface area contributed by atoms with Gasteiger partial charge < -0.3 is 15.0 Å². The lowest BCUT2D eigenvalue weighted by Crippen LogP contribution is -2.04. The van der Waals surface area contributed by atoms with Crippen LogP contribution in [0.3, 0.4) is 0 Å². The number of pyridine rings is 2. The van der Waals surface area contributed by atoms with Crippen molar-refractivity contribution >= 4 is 11.3 Å². The summed E-state index contributed by atoms with van der Waals surface area (Å²) in [6, 6.07) is 18.0. The van der Waals surface area contributed by atoms with Gasteiger partial charge in [0.15, 0.2) is 5.65 Å². The number of nitrogens with one attached hydrogen (secondary N) is 2. The van der Waals surface area contributed by atoms with Gasteiger partial charge >= 0.3 is 0 Å². The molecular weight excluding hydrogens is 402 g/mol. The molecule has 5 rings (SSSR count). The van der Waals surface area contributed by atoms with Gasteiger partial charge in [-0.3, -0.25) is 4.98 Å². The summed E-state index contributed by atoms with van der Waals surface area (Å²) < 4.78 is 7.06. The highest BCUT2D eigenvalue weighted by Gasteiger charge is 2.16. The van der Waals surface area contributed by atoms with Gasteiger partial charge in [-0.25, -0.2) is 14.5 Å². The highest BCUT2D eigenvalue weighted by Crippen LogP contribution is 2.30. The molecule has 0 aliphatic carbocycles. The largest absolute Gasteiger partial charge is 0.380 e. The Morgan fingerprint density at radius 3 is 2.81 bits per heavy atom. The number of rotatable bonds is 7. The predicted octanol–water partition coefficient (Wildman–Crippen LogP) is 4.25. The monoisotopic (exact) mass is 425 g/mol. The van der Waals surface area contributed by atoms with Gasteiger partial charge in [-0.2, -0.15) is 5.10 Å². The number of anilines is 1. The van der Waals surface area contributed by atoms with Crippen LogP contribution in [0.15, 0.2) is 67.1 Å². The summed E-state index contributed by atoms with van der Waals surface area (Å²) in [5, 5.41) is 7.73. The van der Waals surface area contributed by atoms with Crippen LogP contribution >= 0.6 is 0 Å². The summed E-state index contributed by atoms with van der Waals surface area (Å²) in [7, 11) is 1.70. The Labute approximate surface area is 185 Å². The number of aromatic nitrogens is 6. The molecule has 32 heavy (non-hydrogen) atoms. The van der Waals surface area contributed by atoms with Crippen molar-refractivity contribution < 1.29 is 4.74 Å². The first-order chi connectivity index (χ1) is 15.7. The second-order valence-corrected chi connectivity index (χ2v) is 7.50. The van der Waals surface area contributed by atoms with Crippen LogP contribution in [0.4, 0.5) is 5.69 Å². The summed E-state index contributed by atoms with van der Waals surface area (Å²) in [5.74, 6) is 0.809. The number of methoxy groups -OCH3 is 1. The number of para-hydroxylation sites is 1. The van der Waals surface area contributed by atoms with Gasteiger partial charge in [-0.05, 0) is 37.3 Å². The summed E-state index contributed by atoms with van der Waals surface area (Å²) in [4.78, 5) is 17.3. The zero-order valence-corrected chi connectivity index (χ0v) is 17.9. The number of hydrogen-bond donors (Lipinski definition) is 2. The van der Waals surface area contributed by atoms with Crippen molar-refractivity contribution in [3.63, 3.8) is 0 Å². The van der Waals surface area contributed by atoms with Gasteiger partial charge in [0.2, 0.25) is 0 Å². The predicted molar refractivity (Wildman–Crippen MR) is 123 cm³/mol. The Morgan fingerprint density at radius 1 is 1.03 bits per heavy atom. The van der Waals surface area contributed by atoms with E-state index in [1.165, 1.54) is 0 Å². The standard InChI is InChI=1S/C24H23N7O/c1-16-6-5-9-20(28-16)24-23(17-10-11-22-26-15-27-31(22)13-17)29-21(30-24)12-25-19-8-4-3-7-18(19)14-32-2/h3-11,13,15,25H,12,14H2,1-2H3,(H,29,30). The zero-order chi connectivity index (χ0) is 21.9. The van der Waals surface area contributed by atoms with E-state index in [-0.39, 0.29) is 0 Å². The second kappa shape index (κ2) is 8.60. The molecule has 0 aliphatic rings. The fourth-order valence-electron chi connectivity index (χ4n) is 3.69. The lowest BCUT2D eigenvalue weighted by molar-refractivity contribution is 0.185. The molecule has 2 N–H and O–H groups in total. The third kappa shape index (κ3) is 3.95. The molecule has 0 radical (unpaired) electrons. The van der Waals surface area contributed by atoms with Gasteiger partial charge in [0.1, 0.15) is 12.2 Å².